The van der Waals surface area contributed by atoms with Gasteiger partial charge < -0.3 is 11.1 Å². The maximum Gasteiger partial charge on any atom is 0.139 e. The highest BCUT2D eigenvalue weighted by Gasteiger charge is 2.35. The minimum absolute atomic E-state index is 0.284. The molecule has 1 aliphatic rings. The van der Waals surface area contributed by atoms with Crippen molar-refractivity contribution in [1.82, 2.24) is 0 Å². The number of nitrogens with two attached hydrogens (primary N) is 1. The fourth-order valence-corrected chi connectivity index (χ4v) is 3.27. The summed E-state index contributed by atoms with van der Waals surface area (Å²) >= 11 is 5.01. The van der Waals surface area contributed by atoms with Crippen LogP contribution in [0.4, 0.5) is 15.8 Å². The second-order valence-corrected chi connectivity index (χ2v) is 6.58. The Morgan fingerprint density at radius 2 is 2.24 bits per heavy atom. The summed E-state index contributed by atoms with van der Waals surface area (Å²) in [7, 11) is 0. The summed E-state index contributed by atoms with van der Waals surface area (Å²) in [4.78, 5) is 0. The average Bonchev–Trinajstić information content (AvgIpc) is 2.24. The molecular formula is C12H16BrFN2S. The lowest BCUT2D eigenvalue weighted by Crippen LogP contribution is -2.40. The SMILES string of the molecule is CSC1(CNc2cc(F)c(Br)cc2N)CCC1. The van der Waals surface area contributed by atoms with Gasteiger partial charge in [0, 0.05) is 17.4 Å². The maximum atomic E-state index is 13.4. The van der Waals surface area contributed by atoms with Crippen molar-refractivity contribution >= 4 is 39.1 Å². The van der Waals surface area contributed by atoms with Crippen LogP contribution in [0.2, 0.25) is 0 Å². The molecule has 0 saturated heterocycles. The zero-order valence-corrected chi connectivity index (χ0v) is 12.1. The van der Waals surface area contributed by atoms with Crippen molar-refractivity contribution < 1.29 is 4.39 Å². The molecule has 0 aliphatic heterocycles. The Labute approximate surface area is 114 Å². The molecule has 0 amide bonds. The third kappa shape index (κ3) is 2.71. The molecular weight excluding hydrogens is 303 g/mol. The zero-order valence-electron chi connectivity index (χ0n) is 9.72. The fraction of sp³-hybridized carbons (Fsp3) is 0.500. The van der Waals surface area contributed by atoms with Gasteiger partial charge in [0.1, 0.15) is 5.82 Å². The van der Waals surface area contributed by atoms with E-state index in [4.69, 9.17) is 5.73 Å². The third-order valence-electron chi connectivity index (χ3n) is 3.39. The Bertz CT molecular complexity index is 416. The standard InChI is InChI=1S/C12H16BrFN2S/c1-17-12(3-2-4-12)7-16-11-6-9(14)8(13)5-10(11)15/h5-6,16H,2-4,7,15H2,1H3. The van der Waals surface area contributed by atoms with Crippen molar-refractivity contribution in [2.75, 3.05) is 23.9 Å². The summed E-state index contributed by atoms with van der Waals surface area (Å²) in [5, 5.41) is 3.27. The lowest BCUT2D eigenvalue weighted by Gasteiger charge is -2.40. The number of anilines is 2. The molecule has 94 valence electrons. The summed E-state index contributed by atoms with van der Waals surface area (Å²) in [5.74, 6) is -0.284. The summed E-state index contributed by atoms with van der Waals surface area (Å²) < 4.78 is 14.1. The lowest BCUT2D eigenvalue weighted by atomic mass is 9.84. The van der Waals surface area contributed by atoms with E-state index in [1.807, 2.05) is 11.8 Å². The second kappa shape index (κ2) is 5.06. The Balaban J connectivity index is 2.06. The van der Waals surface area contributed by atoms with Crippen molar-refractivity contribution in [1.29, 1.82) is 0 Å². The number of halogens is 2. The first-order valence-corrected chi connectivity index (χ1v) is 7.62. The van der Waals surface area contributed by atoms with E-state index in [1.54, 1.807) is 6.07 Å². The second-order valence-electron chi connectivity index (χ2n) is 4.45. The smallest absolute Gasteiger partial charge is 0.139 e. The molecule has 2 nitrogen and oxygen atoms in total. The van der Waals surface area contributed by atoms with Gasteiger partial charge in [0.15, 0.2) is 0 Å². The summed E-state index contributed by atoms with van der Waals surface area (Å²) in [6, 6.07) is 3.05. The van der Waals surface area contributed by atoms with Crippen molar-refractivity contribution in [2.45, 2.75) is 24.0 Å². The maximum absolute atomic E-state index is 13.4. The molecule has 0 unspecified atom stereocenters. The number of hydrogen-bond donors (Lipinski definition) is 2. The van der Waals surface area contributed by atoms with Gasteiger partial charge in [-0.05, 0) is 41.1 Å². The number of hydrogen-bond acceptors (Lipinski definition) is 3. The van der Waals surface area contributed by atoms with Crippen molar-refractivity contribution in [3.8, 4) is 0 Å². The highest BCUT2D eigenvalue weighted by Crippen LogP contribution is 2.43. The molecule has 1 aromatic rings. The Morgan fingerprint density at radius 3 is 2.76 bits per heavy atom. The predicted octanol–water partition coefficient (Wildman–Crippen LogP) is 3.87. The van der Waals surface area contributed by atoms with Crippen LogP contribution < -0.4 is 11.1 Å². The van der Waals surface area contributed by atoms with Crippen LogP contribution in [0, 0.1) is 5.82 Å². The van der Waals surface area contributed by atoms with Gasteiger partial charge in [-0.25, -0.2) is 4.39 Å². The van der Waals surface area contributed by atoms with E-state index >= 15 is 0 Å². The van der Waals surface area contributed by atoms with Crippen LogP contribution in [0.25, 0.3) is 0 Å². The van der Waals surface area contributed by atoms with E-state index in [0.29, 0.717) is 20.6 Å². The molecule has 0 spiro atoms. The van der Waals surface area contributed by atoms with E-state index in [0.717, 1.165) is 6.54 Å². The average molecular weight is 319 g/mol. The molecule has 0 aromatic heterocycles. The van der Waals surface area contributed by atoms with Gasteiger partial charge in [-0.2, -0.15) is 11.8 Å². The highest BCUT2D eigenvalue weighted by atomic mass is 79.9. The van der Waals surface area contributed by atoms with Crippen LogP contribution in [0.5, 0.6) is 0 Å². The van der Waals surface area contributed by atoms with Gasteiger partial charge in [-0.15, -0.1) is 0 Å². The minimum atomic E-state index is -0.284. The van der Waals surface area contributed by atoms with Crippen LogP contribution in [0.3, 0.4) is 0 Å². The van der Waals surface area contributed by atoms with Crippen molar-refractivity contribution in [3.63, 3.8) is 0 Å². The third-order valence-corrected chi connectivity index (χ3v) is 5.42. The molecule has 2 rings (SSSR count). The molecule has 1 aromatic carbocycles. The van der Waals surface area contributed by atoms with E-state index in [1.165, 1.54) is 25.3 Å². The molecule has 0 atom stereocenters. The normalized spacial score (nSPS) is 17.6. The first kappa shape index (κ1) is 13.0. The number of benzene rings is 1. The molecule has 0 radical (unpaired) electrons. The summed E-state index contributed by atoms with van der Waals surface area (Å²) in [6.07, 6.45) is 5.86. The Morgan fingerprint density at radius 1 is 1.53 bits per heavy atom. The monoisotopic (exact) mass is 318 g/mol. The van der Waals surface area contributed by atoms with Crippen molar-refractivity contribution in [3.05, 3.63) is 22.4 Å². The molecule has 1 fully saturated rings. The lowest BCUT2D eigenvalue weighted by molar-refractivity contribution is 0.380. The van der Waals surface area contributed by atoms with Gasteiger partial charge in [0.25, 0.3) is 0 Å². The minimum Gasteiger partial charge on any atom is -0.397 e. The Kier molecular flexibility index (Phi) is 3.88. The van der Waals surface area contributed by atoms with E-state index < -0.39 is 0 Å². The molecule has 0 heterocycles. The van der Waals surface area contributed by atoms with Crippen molar-refractivity contribution in [2.24, 2.45) is 0 Å². The van der Waals surface area contributed by atoms with Gasteiger partial charge in [-0.3, -0.25) is 0 Å². The van der Waals surface area contributed by atoms with Crippen LogP contribution in [-0.4, -0.2) is 17.5 Å². The first-order chi connectivity index (χ1) is 8.06. The molecule has 3 N–H and O–H groups in total. The molecule has 1 saturated carbocycles. The zero-order chi connectivity index (χ0) is 12.5. The van der Waals surface area contributed by atoms with E-state index in [-0.39, 0.29) is 5.82 Å². The van der Waals surface area contributed by atoms with E-state index in [2.05, 4.69) is 27.5 Å². The summed E-state index contributed by atoms with van der Waals surface area (Å²) in [5.41, 5.74) is 7.12. The van der Waals surface area contributed by atoms with Gasteiger partial charge in [0.05, 0.1) is 15.8 Å². The Hall–Kier alpha value is -0.420. The van der Waals surface area contributed by atoms with Gasteiger partial charge in [0.2, 0.25) is 0 Å². The van der Waals surface area contributed by atoms with Gasteiger partial charge in [-0.1, -0.05) is 6.42 Å². The first-order valence-electron chi connectivity index (χ1n) is 5.60. The molecule has 5 heteroatoms. The van der Waals surface area contributed by atoms with Crippen LogP contribution in [-0.2, 0) is 0 Å². The van der Waals surface area contributed by atoms with E-state index in [9.17, 15) is 4.39 Å². The molecule has 17 heavy (non-hydrogen) atoms. The molecule has 1 aliphatic carbocycles. The number of nitrogens with one attached hydrogen (secondary N) is 1. The highest BCUT2D eigenvalue weighted by molar-refractivity contribution is 9.10. The topological polar surface area (TPSA) is 38.0 Å². The van der Waals surface area contributed by atoms with Crippen LogP contribution >= 0.6 is 27.7 Å². The number of thioether (sulfide) groups is 1. The molecule has 0 bridgehead atoms. The number of rotatable bonds is 4. The van der Waals surface area contributed by atoms with Crippen LogP contribution in [0.15, 0.2) is 16.6 Å². The summed E-state index contributed by atoms with van der Waals surface area (Å²) in [6.45, 7) is 0.847. The number of nitrogen functional groups attached to an aromatic ring is 1. The fourth-order valence-electron chi connectivity index (χ4n) is 2.00. The largest absolute Gasteiger partial charge is 0.397 e. The quantitative estimate of drug-likeness (QED) is 0.828. The predicted molar refractivity (Wildman–Crippen MR) is 77.1 cm³/mol. The van der Waals surface area contributed by atoms with Crippen LogP contribution in [0.1, 0.15) is 19.3 Å². The van der Waals surface area contributed by atoms with Gasteiger partial charge >= 0.3 is 0 Å².